The maximum Gasteiger partial charge on any atom is 0.407 e. The number of alkyl carbamates (subject to hydrolysis) is 1. The highest BCUT2D eigenvalue weighted by Gasteiger charge is 2.62. The fourth-order valence-corrected chi connectivity index (χ4v) is 7.48. The number of hydrogen-bond acceptors (Lipinski definition) is 9. The zero-order valence-electron chi connectivity index (χ0n) is 22.0. The molecule has 4 N–H and O–H groups in total. The topological polar surface area (TPSA) is 143 Å². The molecule has 0 bridgehead atoms. The average molecular weight is 556 g/mol. The van der Waals surface area contributed by atoms with Gasteiger partial charge < -0.3 is 14.8 Å². The smallest absolute Gasteiger partial charge is 0.407 e. The van der Waals surface area contributed by atoms with E-state index in [0.29, 0.717) is 31.0 Å². The number of thioether (sulfide) groups is 1. The zero-order valence-corrected chi connectivity index (χ0v) is 23.6. The molecule has 1 aromatic rings. The van der Waals surface area contributed by atoms with Gasteiger partial charge in [0, 0.05) is 25.3 Å². The van der Waals surface area contributed by atoms with Crippen LogP contribution >= 0.6 is 11.8 Å². The Balaban J connectivity index is 1.89. The molecule has 1 atom stereocenters. The molecule has 1 aliphatic heterocycles. The van der Waals surface area contributed by atoms with E-state index >= 15 is 0 Å². The Morgan fingerprint density at radius 3 is 2.43 bits per heavy atom. The van der Waals surface area contributed by atoms with Gasteiger partial charge in [-0.05, 0) is 71.7 Å². The van der Waals surface area contributed by atoms with Crippen LogP contribution in [0.4, 0.5) is 4.79 Å². The SMILES string of the molecule is CC(C)(C)OC(=O)NCCCCC#CCOc1ccc(S(=O)(=O)[C@]2(C(=O)NO)NCCSC2(C)C)cc1. The number of hydrogen-bond donors (Lipinski definition) is 4. The molecule has 0 unspecified atom stereocenters. The van der Waals surface area contributed by atoms with Crippen molar-refractivity contribution in [3.63, 3.8) is 0 Å². The second-order valence-corrected chi connectivity index (χ2v) is 13.7. The summed E-state index contributed by atoms with van der Waals surface area (Å²) in [4.78, 5) is 22.1. The number of amides is 2. The van der Waals surface area contributed by atoms with Crippen LogP contribution in [0.3, 0.4) is 0 Å². The third-order valence-corrected chi connectivity index (χ3v) is 9.68. The summed E-state index contributed by atoms with van der Waals surface area (Å²) in [7, 11) is -4.24. The van der Waals surface area contributed by atoms with Crippen molar-refractivity contribution in [3.05, 3.63) is 24.3 Å². The highest BCUT2D eigenvalue weighted by Crippen LogP contribution is 2.44. The molecular weight excluding hydrogens is 518 g/mol. The van der Waals surface area contributed by atoms with E-state index in [0.717, 1.165) is 12.8 Å². The number of carbonyl (C=O) groups excluding carboxylic acids is 2. The molecule has 2 rings (SSSR count). The van der Waals surface area contributed by atoms with Gasteiger partial charge in [-0.15, -0.1) is 0 Å². The Bertz CT molecular complexity index is 1100. The molecule has 10 nitrogen and oxygen atoms in total. The quantitative estimate of drug-likeness (QED) is 0.157. The molecule has 1 fully saturated rings. The first-order chi connectivity index (χ1) is 17.3. The maximum absolute atomic E-state index is 13.6. The van der Waals surface area contributed by atoms with Gasteiger partial charge in [0.15, 0.2) is 0 Å². The maximum atomic E-state index is 13.6. The fourth-order valence-electron chi connectivity index (χ4n) is 3.81. The summed E-state index contributed by atoms with van der Waals surface area (Å²) >= 11 is 1.34. The highest BCUT2D eigenvalue weighted by molar-refractivity contribution is 8.02. The number of carbonyl (C=O) groups is 2. The summed E-state index contributed by atoms with van der Waals surface area (Å²) in [6.07, 6.45) is 1.79. The molecule has 0 spiro atoms. The van der Waals surface area contributed by atoms with Crippen molar-refractivity contribution in [2.75, 3.05) is 25.4 Å². The predicted molar refractivity (Wildman–Crippen MR) is 142 cm³/mol. The van der Waals surface area contributed by atoms with Crippen LogP contribution in [-0.2, 0) is 19.4 Å². The minimum Gasteiger partial charge on any atom is -0.481 e. The number of hydroxylamine groups is 1. The second kappa shape index (κ2) is 12.9. The van der Waals surface area contributed by atoms with Gasteiger partial charge in [0.1, 0.15) is 18.0 Å². The molecule has 2 amide bonds. The van der Waals surface area contributed by atoms with Crippen LogP contribution in [0.25, 0.3) is 0 Å². The molecule has 37 heavy (non-hydrogen) atoms. The first-order valence-corrected chi connectivity index (χ1v) is 14.5. The third-order valence-electron chi connectivity index (χ3n) is 5.58. The van der Waals surface area contributed by atoms with E-state index in [1.165, 1.54) is 41.5 Å². The van der Waals surface area contributed by atoms with Crippen LogP contribution < -0.4 is 20.9 Å². The van der Waals surface area contributed by atoms with E-state index in [9.17, 15) is 23.2 Å². The average Bonchev–Trinajstić information content (AvgIpc) is 2.81. The van der Waals surface area contributed by atoms with Crippen molar-refractivity contribution in [2.45, 2.75) is 74.0 Å². The summed E-state index contributed by atoms with van der Waals surface area (Å²) in [6.45, 7) is 9.67. The monoisotopic (exact) mass is 555 g/mol. The second-order valence-electron chi connectivity index (χ2n) is 9.91. The van der Waals surface area contributed by atoms with Crippen LogP contribution in [0.5, 0.6) is 5.75 Å². The molecular formula is C25H37N3O7S2. The molecule has 0 saturated carbocycles. The van der Waals surface area contributed by atoms with Crippen molar-refractivity contribution in [2.24, 2.45) is 0 Å². The molecule has 1 saturated heterocycles. The minimum atomic E-state index is -4.24. The van der Waals surface area contributed by atoms with E-state index in [1.807, 2.05) is 20.8 Å². The lowest BCUT2D eigenvalue weighted by Gasteiger charge is -2.47. The van der Waals surface area contributed by atoms with E-state index in [1.54, 1.807) is 13.8 Å². The third kappa shape index (κ3) is 7.77. The van der Waals surface area contributed by atoms with E-state index in [2.05, 4.69) is 22.5 Å². The first kappa shape index (κ1) is 30.8. The Morgan fingerprint density at radius 1 is 1.16 bits per heavy atom. The van der Waals surface area contributed by atoms with Crippen LogP contribution in [0.15, 0.2) is 29.2 Å². The number of nitrogens with one attached hydrogen (secondary N) is 3. The normalized spacial score (nSPS) is 19.2. The molecule has 0 aromatic heterocycles. The highest BCUT2D eigenvalue weighted by atomic mass is 32.2. The summed E-state index contributed by atoms with van der Waals surface area (Å²) in [5.74, 6) is 5.93. The molecule has 206 valence electrons. The molecule has 0 aliphatic carbocycles. The molecule has 1 heterocycles. The largest absolute Gasteiger partial charge is 0.481 e. The molecule has 12 heteroatoms. The van der Waals surface area contributed by atoms with E-state index in [-0.39, 0.29) is 11.5 Å². The molecule has 0 radical (unpaired) electrons. The zero-order chi connectivity index (χ0) is 27.7. The fraction of sp³-hybridized carbons (Fsp3) is 0.600. The van der Waals surface area contributed by atoms with Gasteiger partial charge in [-0.1, -0.05) is 11.8 Å². The lowest BCUT2D eigenvalue weighted by atomic mass is 10.0. The Kier molecular flexibility index (Phi) is 10.7. The lowest BCUT2D eigenvalue weighted by Crippen LogP contribution is -2.73. The number of benzene rings is 1. The first-order valence-electron chi connectivity index (χ1n) is 12.0. The summed E-state index contributed by atoms with van der Waals surface area (Å²) in [5.41, 5.74) is 1.01. The van der Waals surface area contributed by atoms with Gasteiger partial charge in [0.05, 0.1) is 9.64 Å². The summed E-state index contributed by atoms with van der Waals surface area (Å²) < 4.78 is 36.9. The number of rotatable bonds is 9. The Hall–Kier alpha value is -2.46. The van der Waals surface area contributed by atoms with Gasteiger partial charge in [0.2, 0.25) is 14.7 Å². The summed E-state index contributed by atoms with van der Waals surface area (Å²) in [6, 6.07) is 5.76. The van der Waals surface area contributed by atoms with Crippen molar-refractivity contribution in [3.8, 4) is 17.6 Å². The Labute approximate surface area is 223 Å². The predicted octanol–water partition coefficient (Wildman–Crippen LogP) is 2.85. The van der Waals surface area contributed by atoms with E-state index in [4.69, 9.17) is 9.47 Å². The summed E-state index contributed by atoms with van der Waals surface area (Å²) in [5, 5.41) is 14.9. The van der Waals surface area contributed by atoms with Gasteiger partial charge in [0.25, 0.3) is 5.91 Å². The van der Waals surface area contributed by atoms with Crippen molar-refractivity contribution in [1.82, 2.24) is 16.1 Å². The molecule has 1 aliphatic rings. The lowest BCUT2D eigenvalue weighted by molar-refractivity contribution is -0.133. The van der Waals surface area contributed by atoms with Crippen molar-refractivity contribution >= 4 is 33.6 Å². The van der Waals surface area contributed by atoms with Crippen LogP contribution in [-0.4, -0.2) is 66.3 Å². The van der Waals surface area contributed by atoms with Gasteiger partial charge in [-0.2, -0.15) is 11.8 Å². The van der Waals surface area contributed by atoms with Crippen molar-refractivity contribution < 1.29 is 32.7 Å². The van der Waals surface area contributed by atoms with Crippen molar-refractivity contribution in [1.29, 1.82) is 0 Å². The van der Waals surface area contributed by atoms with Crippen LogP contribution in [0, 0.1) is 11.8 Å². The number of unbranched alkanes of at least 4 members (excludes halogenated alkanes) is 2. The number of sulfone groups is 1. The van der Waals surface area contributed by atoms with Crippen LogP contribution in [0.2, 0.25) is 0 Å². The standard InChI is InChI=1S/C25H37N3O7S2/c1-23(2,3)35-22(30)26-15-9-7-6-8-10-17-34-19-11-13-20(14-12-19)37(32,33)25(21(29)28-31)24(4,5)36-18-16-27-25/h11-14,27,31H,6-7,9,15-18H2,1-5H3,(H,26,30)(H,28,29)/t25-/m0/s1. The van der Waals surface area contributed by atoms with Gasteiger partial charge in [-0.3, -0.25) is 15.3 Å². The minimum absolute atomic E-state index is 0.0717. The van der Waals surface area contributed by atoms with Gasteiger partial charge >= 0.3 is 6.09 Å². The van der Waals surface area contributed by atoms with Gasteiger partial charge in [-0.25, -0.2) is 18.7 Å². The van der Waals surface area contributed by atoms with E-state index < -0.39 is 37.1 Å². The van der Waals surface area contributed by atoms with Crippen LogP contribution in [0.1, 0.15) is 53.9 Å². The molecule has 1 aromatic carbocycles. The number of ether oxygens (including phenoxy) is 2. The Morgan fingerprint density at radius 2 is 1.84 bits per heavy atom.